The second-order valence-electron chi connectivity index (χ2n) is 6.37. The predicted octanol–water partition coefficient (Wildman–Crippen LogP) is 3.79. The minimum atomic E-state index is -0.412. The molecule has 8 heteroatoms. The quantitative estimate of drug-likeness (QED) is 0.632. The van der Waals surface area contributed by atoms with Crippen LogP contribution in [0.25, 0.3) is 11.3 Å². The molecule has 0 bridgehead atoms. The molecule has 3 aromatic rings. The smallest absolute Gasteiger partial charge is 0.244 e. The van der Waals surface area contributed by atoms with Crippen molar-refractivity contribution in [3.05, 3.63) is 69.5 Å². The Hall–Kier alpha value is -3.44. The Bertz CT molecular complexity index is 1180. The molecule has 0 radical (unpaired) electrons. The fraction of sp³-hybridized carbons (Fsp3) is 0.100. The molecule has 5 rings (SSSR count). The molecular formula is C20H13BrN4O3. The van der Waals surface area contributed by atoms with Crippen molar-refractivity contribution in [1.29, 1.82) is 5.26 Å². The molecule has 2 aliphatic rings. The Morgan fingerprint density at radius 1 is 1.18 bits per heavy atom. The van der Waals surface area contributed by atoms with Gasteiger partial charge in [0, 0.05) is 10.0 Å². The van der Waals surface area contributed by atoms with Crippen LogP contribution in [0, 0.1) is 11.3 Å². The van der Waals surface area contributed by atoms with E-state index in [1.807, 2.05) is 42.5 Å². The standard InChI is InChI=1S/C20H13BrN4O3/c21-12-3-1-2-10(6-12)16-13(8-22)19(23)28-20-17(16)18(24-25-20)11-4-5-14-15(7-11)27-9-26-14/h1-7,16H,9,23H2,(H,24,25). The summed E-state index contributed by atoms with van der Waals surface area (Å²) in [6.07, 6.45) is 0. The maximum atomic E-state index is 9.77. The number of fused-ring (bicyclic) bond motifs is 2. The predicted molar refractivity (Wildman–Crippen MR) is 104 cm³/mol. The van der Waals surface area contributed by atoms with E-state index >= 15 is 0 Å². The summed E-state index contributed by atoms with van der Waals surface area (Å²) in [4.78, 5) is 0. The Morgan fingerprint density at radius 3 is 2.86 bits per heavy atom. The second-order valence-corrected chi connectivity index (χ2v) is 7.28. The number of rotatable bonds is 2. The number of H-pyrrole nitrogens is 1. The second kappa shape index (κ2) is 6.32. The normalized spacial score (nSPS) is 17.1. The number of halogens is 1. The number of nitriles is 1. The van der Waals surface area contributed by atoms with Crippen molar-refractivity contribution >= 4 is 15.9 Å². The average Bonchev–Trinajstić information content (AvgIpc) is 3.32. The molecule has 0 spiro atoms. The molecule has 2 aliphatic heterocycles. The van der Waals surface area contributed by atoms with Gasteiger partial charge in [0.05, 0.1) is 17.2 Å². The largest absolute Gasteiger partial charge is 0.454 e. The van der Waals surface area contributed by atoms with Crippen LogP contribution in [0.1, 0.15) is 17.0 Å². The number of hydrogen-bond donors (Lipinski definition) is 2. The van der Waals surface area contributed by atoms with Crippen LogP contribution < -0.4 is 19.9 Å². The zero-order chi connectivity index (χ0) is 19.3. The molecule has 28 heavy (non-hydrogen) atoms. The topological polar surface area (TPSA) is 106 Å². The van der Waals surface area contributed by atoms with E-state index in [4.69, 9.17) is 19.9 Å². The Kier molecular flexibility index (Phi) is 3.77. The van der Waals surface area contributed by atoms with E-state index < -0.39 is 5.92 Å². The molecule has 0 aliphatic carbocycles. The van der Waals surface area contributed by atoms with Gasteiger partial charge in [0.25, 0.3) is 0 Å². The Balaban J connectivity index is 1.71. The van der Waals surface area contributed by atoms with Crippen LogP contribution in [-0.2, 0) is 0 Å². The Morgan fingerprint density at radius 2 is 2.04 bits per heavy atom. The molecule has 1 unspecified atom stereocenters. The van der Waals surface area contributed by atoms with Crippen molar-refractivity contribution in [3.8, 4) is 34.7 Å². The summed E-state index contributed by atoms with van der Waals surface area (Å²) in [7, 11) is 0. The highest BCUT2D eigenvalue weighted by atomic mass is 79.9. The molecule has 0 saturated heterocycles. The monoisotopic (exact) mass is 436 g/mol. The number of nitrogens with zero attached hydrogens (tertiary/aromatic N) is 2. The average molecular weight is 437 g/mol. The van der Waals surface area contributed by atoms with Gasteiger partial charge in [0.15, 0.2) is 11.5 Å². The van der Waals surface area contributed by atoms with E-state index in [1.165, 1.54) is 0 Å². The van der Waals surface area contributed by atoms with Gasteiger partial charge in [0.2, 0.25) is 18.6 Å². The summed E-state index contributed by atoms with van der Waals surface area (Å²) in [5, 5.41) is 17.1. The Labute approximate surface area is 168 Å². The van der Waals surface area contributed by atoms with Crippen molar-refractivity contribution in [2.24, 2.45) is 5.73 Å². The van der Waals surface area contributed by atoms with Crippen molar-refractivity contribution < 1.29 is 14.2 Å². The summed E-state index contributed by atoms with van der Waals surface area (Å²) in [6.45, 7) is 0.196. The highest BCUT2D eigenvalue weighted by Crippen LogP contribution is 2.47. The summed E-state index contributed by atoms with van der Waals surface area (Å²) >= 11 is 3.50. The van der Waals surface area contributed by atoms with E-state index in [2.05, 4.69) is 32.2 Å². The molecule has 138 valence electrons. The van der Waals surface area contributed by atoms with E-state index in [0.29, 0.717) is 23.0 Å². The van der Waals surface area contributed by atoms with Crippen LogP contribution in [0.5, 0.6) is 17.4 Å². The van der Waals surface area contributed by atoms with Gasteiger partial charge in [-0.1, -0.05) is 28.1 Å². The van der Waals surface area contributed by atoms with Gasteiger partial charge in [-0.25, -0.2) is 0 Å². The number of aromatic nitrogens is 2. The fourth-order valence-corrected chi connectivity index (χ4v) is 3.95. The third-order valence-electron chi connectivity index (χ3n) is 4.78. The van der Waals surface area contributed by atoms with Crippen LogP contribution in [-0.4, -0.2) is 17.0 Å². The first kappa shape index (κ1) is 16.7. The van der Waals surface area contributed by atoms with Crippen LogP contribution in [0.2, 0.25) is 0 Å². The van der Waals surface area contributed by atoms with Crippen LogP contribution in [0.4, 0.5) is 0 Å². The van der Waals surface area contributed by atoms with Crippen LogP contribution in [0.15, 0.2) is 58.4 Å². The van der Waals surface area contributed by atoms with Gasteiger partial charge in [-0.05, 0) is 35.9 Å². The van der Waals surface area contributed by atoms with Crippen molar-refractivity contribution in [3.63, 3.8) is 0 Å². The van der Waals surface area contributed by atoms with Crippen LogP contribution >= 0.6 is 15.9 Å². The third kappa shape index (κ3) is 2.52. The summed E-state index contributed by atoms with van der Waals surface area (Å²) < 4.78 is 17.4. The van der Waals surface area contributed by atoms with E-state index in [-0.39, 0.29) is 12.7 Å². The molecule has 3 N–H and O–H groups in total. The lowest BCUT2D eigenvalue weighted by molar-refractivity contribution is 0.174. The third-order valence-corrected chi connectivity index (χ3v) is 5.28. The first-order valence-electron chi connectivity index (χ1n) is 8.47. The van der Waals surface area contributed by atoms with Gasteiger partial charge < -0.3 is 19.9 Å². The van der Waals surface area contributed by atoms with Crippen molar-refractivity contribution in [2.45, 2.75) is 5.92 Å². The van der Waals surface area contributed by atoms with Gasteiger partial charge >= 0.3 is 0 Å². The summed E-state index contributed by atoms with van der Waals surface area (Å²) in [5.74, 6) is 1.36. The molecule has 1 atom stereocenters. The zero-order valence-electron chi connectivity index (χ0n) is 14.4. The number of ether oxygens (including phenoxy) is 3. The molecule has 0 saturated carbocycles. The summed E-state index contributed by atoms with van der Waals surface area (Å²) in [5.41, 5.74) is 9.60. The first-order valence-corrected chi connectivity index (χ1v) is 9.26. The first-order chi connectivity index (χ1) is 13.7. The minimum Gasteiger partial charge on any atom is -0.454 e. The fourth-order valence-electron chi connectivity index (χ4n) is 3.54. The van der Waals surface area contributed by atoms with E-state index in [9.17, 15) is 5.26 Å². The molecule has 3 heterocycles. The number of nitrogens with two attached hydrogens (primary N) is 1. The molecule has 7 nitrogen and oxygen atoms in total. The van der Waals surface area contributed by atoms with Gasteiger partial charge in [-0.3, -0.25) is 5.10 Å². The summed E-state index contributed by atoms with van der Waals surface area (Å²) in [6, 6.07) is 15.6. The van der Waals surface area contributed by atoms with Gasteiger partial charge in [-0.15, -0.1) is 5.10 Å². The number of hydrogen-bond acceptors (Lipinski definition) is 6. The van der Waals surface area contributed by atoms with Gasteiger partial charge in [0.1, 0.15) is 11.6 Å². The zero-order valence-corrected chi connectivity index (χ0v) is 16.0. The maximum absolute atomic E-state index is 9.77. The molecular weight excluding hydrogens is 424 g/mol. The maximum Gasteiger partial charge on any atom is 0.244 e. The number of allylic oxidation sites excluding steroid dienone is 1. The van der Waals surface area contributed by atoms with Gasteiger partial charge in [-0.2, -0.15) is 5.26 Å². The SMILES string of the molecule is N#CC1=C(N)Oc2n[nH]c(-c3ccc4c(c3)OCO4)c2C1c1cccc(Br)c1. The highest BCUT2D eigenvalue weighted by molar-refractivity contribution is 9.10. The molecule has 1 aromatic heterocycles. The van der Waals surface area contributed by atoms with E-state index in [0.717, 1.165) is 26.9 Å². The lowest BCUT2D eigenvalue weighted by atomic mass is 9.83. The number of aromatic amines is 1. The van der Waals surface area contributed by atoms with Crippen molar-refractivity contribution in [1.82, 2.24) is 10.2 Å². The lowest BCUT2D eigenvalue weighted by Crippen LogP contribution is -2.21. The van der Waals surface area contributed by atoms with Crippen molar-refractivity contribution in [2.75, 3.05) is 6.79 Å². The number of nitrogens with one attached hydrogen (secondary N) is 1. The molecule has 0 amide bonds. The van der Waals surface area contributed by atoms with Crippen LogP contribution in [0.3, 0.4) is 0 Å². The molecule has 0 fully saturated rings. The highest BCUT2D eigenvalue weighted by Gasteiger charge is 2.36. The molecule has 2 aromatic carbocycles. The van der Waals surface area contributed by atoms with E-state index in [1.54, 1.807) is 0 Å². The minimum absolute atomic E-state index is 0.0590. The lowest BCUT2D eigenvalue weighted by Gasteiger charge is -2.24. The number of benzene rings is 2.